The monoisotopic (exact) mass is 207 g/mol. The zero-order chi connectivity index (χ0) is 11.5. The van der Waals surface area contributed by atoms with Gasteiger partial charge in [0, 0.05) is 12.4 Å². The molecule has 1 unspecified atom stereocenters. The predicted molar refractivity (Wildman–Crippen MR) is 54.4 cm³/mol. The fraction of sp³-hybridized carbons (Fsp3) is 0.364. The van der Waals surface area contributed by atoms with E-state index >= 15 is 0 Å². The molecule has 0 spiro atoms. The molecule has 1 N–H and O–H groups in total. The number of pyridine rings is 1. The van der Waals surface area contributed by atoms with Gasteiger partial charge in [-0.05, 0) is 31.9 Å². The molecule has 1 aromatic rings. The Kier molecular flexibility index (Phi) is 3.19. The third-order valence-electron chi connectivity index (χ3n) is 2.53. The number of aromatic nitrogens is 1. The number of carbonyl (C=O) groups excluding carboxylic acids is 1. The Bertz CT molecular complexity index is 359. The summed E-state index contributed by atoms with van der Waals surface area (Å²) in [5.41, 5.74) is -0.610. The van der Waals surface area contributed by atoms with Gasteiger partial charge in [-0.3, -0.25) is 14.6 Å². The minimum Gasteiger partial charge on any atom is -0.480 e. The van der Waals surface area contributed by atoms with Gasteiger partial charge >= 0.3 is 5.97 Å². The second-order valence-corrected chi connectivity index (χ2v) is 3.73. The first-order chi connectivity index (χ1) is 6.97. The van der Waals surface area contributed by atoms with E-state index in [1.165, 1.54) is 13.8 Å². The highest BCUT2D eigenvalue weighted by molar-refractivity contribution is 6.01. The minimum absolute atomic E-state index is 0.172. The van der Waals surface area contributed by atoms with Gasteiger partial charge < -0.3 is 5.11 Å². The van der Waals surface area contributed by atoms with E-state index in [0.29, 0.717) is 0 Å². The summed E-state index contributed by atoms with van der Waals surface area (Å²) in [5, 5.41) is 9.02. The number of aliphatic carboxylic acids is 1. The topological polar surface area (TPSA) is 67.3 Å². The summed E-state index contributed by atoms with van der Waals surface area (Å²) in [6, 6.07) is 3.48. The largest absolute Gasteiger partial charge is 0.480 e. The van der Waals surface area contributed by atoms with Crippen molar-refractivity contribution in [3.63, 3.8) is 0 Å². The summed E-state index contributed by atoms with van der Waals surface area (Å²) in [5.74, 6) is -1.45. The third kappa shape index (κ3) is 2.40. The Morgan fingerprint density at radius 2 is 2.20 bits per heavy atom. The molecule has 4 nitrogen and oxygen atoms in total. The maximum atomic E-state index is 11.3. The maximum Gasteiger partial charge on any atom is 0.317 e. The van der Waals surface area contributed by atoms with Crippen LogP contribution in [0.25, 0.3) is 0 Å². The molecule has 0 aliphatic rings. The third-order valence-corrected chi connectivity index (χ3v) is 2.53. The molecule has 1 aromatic heterocycles. The van der Waals surface area contributed by atoms with E-state index in [1.807, 2.05) is 0 Å². The molecule has 0 radical (unpaired) electrons. The fourth-order valence-electron chi connectivity index (χ4n) is 1.26. The molecule has 4 heteroatoms. The molecule has 1 heterocycles. The number of carbonyl (C=O) groups is 2. The minimum atomic E-state index is -1.36. The van der Waals surface area contributed by atoms with E-state index in [2.05, 4.69) is 4.98 Å². The lowest BCUT2D eigenvalue weighted by molar-refractivity contribution is -0.153. The Morgan fingerprint density at radius 3 is 2.60 bits per heavy atom. The van der Waals surface area contributed by atoms with Crippen LogP contribution < -0.4 is 0 Å². The molecular weight excluding hydrogens is 194 g/mol. The fourth-order valence-corrected chi connectivity index (χ4v) is 1.26. The van der Waals surface area contributed by atoms with Gasteiger partial charge in [0.05, 0.1) is 0 Å². The number of carboxylic acid groups (broad SMARTS) is 1. The van der Waals surface area contributed by atoms with E-state index in [1.54, 1.807) is 24.5 Å². The molecule has 0 amide bonds. The van der Waals surface area contributed by atoms with Crippen molar-refractivity contribution in [2.24, 2.45) is 5.41 Å². The van der Waals surface area contributed by atoms with Crippen LogP contribution in [0, 0.1) is 5.41 Å². The van der Waals surface area contributed by atoms with E-state index in [9.17, 15) is 9.59 Å². The van der Waals surface area contributed by atoms with E-state index in [0.717, 1.165) is 5.56 Å². The van der Waals surface area contributed by atoms with Crippen molar-refractivity contribution in [1.29, 1.82) is 0 Å². The maximum absolute atomic E-state index is 11.3. The van der Waals surface area contributed by atoms with Gasteiger partial charge in [0.1, 0.15) is 11.2 Å². The van der Waals surface area contributed by atoms with Crippen molar-refractivity contribution < 1.29 is 14.7 Å². The highest BCUT2D eigenvalue weighted by atomic mass is 16.4. The van der Waals surface area contributed by atoms with Crippen LogP contribution in [-0.4, -0.2) is 21.8 Å². The standard InChI is InChI=1S/C11H13NO3/c1-8(13)11(2,10(14)15)6-9-4-3-5-12-7-9/h3-5,7H,6H2,1-2H3,(H,14,15). The molecule has 0 aromatic carbocycles. The molecule has 1 rings (SSSR count). The van der Waals surface area contributed by atoms with Gasteiger partial charge in [-0.2, -0.15) is 0 Å². The Morgan fingerprint density at radius 1 is 1.53 bits per heavy atom. The van der Waals surface area contributed by atoms with Crippen molar-refractivity contribution in [3.8, 4) is 0 Å². The quantitative estimate of drug-likeness (QED) is 0.756. The highest BCUT2D eigenvalue weighted by Crippen LogP contribution is 2.23. The average molecular weight is 207 g/mol. The Labute approximate surface area is 88.0 Å². The van der Waals surface area contributed by atoms with Crippen LogP contribution in [0.1, 0.15) is 19.4 Å². The number of ketones is 1. The van der Waals surface area contributed by atoms with Crippen LogP contribution in [0.2, 0.25) is 0 Å². The molecule has 0 saturated carbocycles. The number of Topliss-reactive ketones (excluding diaryl/α,β-unsaturated/α-hetero) is 1. The molecular formula is C11H13NO3. The van der Waals surface area contributed by atoms with Crippen LogP contribution in [0.5, 0.6) is 0 Å². The summed E-state index contributed by atoms with van der Waals surface area (Å²) >= 11 is 0. The first kappa shape index (κ1) is 11.4. The smallest absolute Gasteiger partial charge is 0.317 e. The first-order valence-electron chi connectivity index (χ1n) is 4.60. The van der Waals surface area contributed by atoms with Crippen LogP contribution >= 0.6 is 0 Å². The Balaban J connectivity index is 2.95. The lowest BCUT2D eigenvalue weighted by Crippen LogP contribution is -2.37. The SMILES string of the molecule is CC(=O)C(C)(Cc1cccnc1)C(=O)O. The molecule has 80 valence electrons. The number of nitrogens with zero attached hydrogens (tertiary/aromatic N) is 1. The zero-order valence-electron chi connectivity index (χ0n) is 8.73. The molecule has 0 fully saturated rings. The number of rotatable bonds is 4. The van der Waals surface area contributed by atoms with Crippen LogP contribution in [0.15, 0.2) is 24.5 Å². The van der Waals surface area contributed by atoms with Gasteiger partial charge in [0.25, 0.3) is 0 Å². The van der Waals surface area contributed by atoms with E-state index in [-0.39, 0.29) is 12.2 Å². The second kappa shape index (κ2) is 4.21. The summed E-state index contributed by atoms with van der Waals surface area (Å²) in [7, 11) is 0. The van der Waals surface area contributed by atoms with Gasteiger partial charge in [-0.25, -0.2) is 0 Å². The molecule has 0 aliphatic heterocycles. The molecule has 0 aliphatic carbocycles. The van der Waals surface area contributed by atoms with Gasteiger partial charge in [-0.1, -0.05) is 6.07 Å². The second-order valence-electron chi connectivity index (χ2n) is 3.73. The molecule has 0 bridgehead atoms. The van der Waals surface area contributed by atoms with Crippen LogP contribution in [0.3, 0.4) is 0 Å². The summed E-state index contributed by atoms with van der Waals surface area (Å²) < 4.78 is 0. The van der Waals surface area contributed by atoms with Gasteiger partial charge in [-0.15, -0.1) is 0 Å². The lowest BCUT2D eigenvalue weighted by atomic mass is 9.81. The molecule has 0 saturated heterocycles. The van der Waals surface area contributed by atoms with Gasteiger partial charge in [0.15, 0.2) is 0 Å². The van der Waals surface area contributed by atoms with Crippen molar-refractivity contribution in [3.05, 3.63) is 30.1 Å². The van der Waals surface area contributed by atoms with Crippen LogP contribution in [-0.2, 0) is 16.0 Å². The van der Waals surface area contributed by atoms with E-state index in [4.69, 9.17) is 5.11 Å². The van der Waals surface area contributed by atoms with Gasteiger partial charge in [0.2, 0.25) is 0 Å². The number of carboxylic acids is 1. The number of hydrogen-bond acceptors (Lipinski definition) is 3. The van der Waals surface area contributed by atoms with Crippen molar-refractivity contribution in [2.45, 2.75) is 20.3 Å². The van der Waals surface area contributed by atoms with E-state index < -0.39 is 11.4 Å². The first-order valence-corrected chi connectivity index (χ1v) is 4.60. The van der Waals surface area contributed by atoms with Crippen molar-refractivity contribution in [2.75, 3.05) is 0 Å². The highest BCUT2D eigenvalue weighted by Gasteiger charge is 2.38. The Hall–Kier alpha value is -1.71. The van der Waals surface area contributed by atoms with Crippen LogP contribution in [0.4, 0.5) is 0 Å². The number of hydrogen-bond donors (Lipinski definition) is 1. The predicted octanol–water partition coefficient (Wildman–Crippen LogP) is 1.30. The molecule has 1 atom stereocenters. The summed E-state index contributed by atoms with van der Waals surface area (Å²) in [4.78, 5) is 26.2. The van der Waals surface area contributed by atoms with Crippen molar-refractivity contribution in [1.82, 2.24) is 4.98 Å². The average Bonchev–Trinajstić information content (AvgIpc) is 2.18. The molecule has 15 heavy (non-hydrogen) atoms. The zero-order valence-corrected chi connectivity index (χ0v) is 8.73. The summed E-state index contributed by atoms with van der Waals surface area (Å²) in [6.45, 7) is 2.73. The lowest BCUT2D eigenvalue weighted by Gasteiger charge is -2.21. The summed E-state index contributed by atoms with van der Waals surface area (Å²) in [6.07, 6.45) is 3.35. The normalized spacial score (nSPS) is 14.3. The van der Waals surface area contributed by atoms with Crippen molar-refractivity contribution >= 4 is 11.8 Å².